The highest BCUT2D eigenvalue weighted by Crippen LogP contribution is 2.43. The van der Waals surface area contributed by atoms with Crippen molar-refractivity contribution in [3.8, 4) is 0 Å². The Balaban J connectivity index is 3.84. The van der Waals surface area contributed by atoms with Crippen LogP contribution in [0, 0.1) is 0 Å². The van der Waals surface area contributed by atoms with E-state index in [0.717, 1.165) is 103 Å². The Morgan fingerprint density at radius 3 is 1.17 bits per heavy atom. The number of amides is 1. The first-order valence-electron chi connectivity index (χ1n) is 27.6. The maximum atomic E-state index is 12.4. The number of phosphoric acid groups is 1. The summed E-state index contributed by atoms with van der Waals surface area (Å²) in [5, 5.41) is 22.0. The van der Waals surface area contributed by atoms with Crippen LogP contribution in [0.4, 0.5) is 0 Å². The minimum atomic E-state index is -4.78. The summed E-state index contributed by atoms with van der Waals surface area (Å²) >= 11 is 0. The van der Waals surface area contributed by atoms with Crippen LogP contribution in [0.15, 0.2) is 85.1 Å². The van der Waals surface area contributed by atoms with Crippen molar-refractivity contribution < 1.29 is 47.8 Å². The second-order valence-electron chi connectivity index (χ2n) is 18.4. The van der Waals surface area contributed by atoms with E-state index in [-0.39, 0.29) is 12.8 Å². The van der Waals surface area contributed by atoms with Gasteiger partial charge in [-0.2, -0.15) is 0 Å². The van der Waals surface area contributed by atoms with Crippen molar-refractivity contribution in [2.45, 2.75) is 244 Å². The van der Waals surface area contributed by atoms with Gasteiger partial charge in [-0.25, -0.2) is 9.36 Å². The number of carbonyl (C=O) groups is 3. The van der Waals surface area contributed by atoms with Gasteiger partial charge in [-0.1, -0.05) is 208 Å². The fraction of sp³-hybridized carbons (Fsp3) is 0.707. The number of phosphoric ester groups is 1. The van der Waals surface area contributed by atoms with Crippen molar-refractivity contribution in [1.82, 2.24) is 5.32 Å². The quantitative estimate of drug-likeness (QED) is 0.0199. The number of aliphatic hydroxyl groups excluding tert-OH is 1. The van der Waals surface area contributed by atoms with E-state index < -0.39 is 57.6 Å². The van der Waals surface area contributed by atoms with Crippen molar-refractivity contribution in [2.75, 3.05) is 19.8 Å². The summed E-state index contributed by atoms with van der Waals surface area (Å²) in [5.74, 6) is -2.39. The molecule has 0 radical (unpaired) electrons. The summed E-state index contributed by atoms with van der Waals surface area (Å²) in [4.78, 5) is 46.2. The molecule has 12 heteroatoms. The molecule has 402 valence electrons. The van der Waals surface area contributed by atoms with Crippen LogP contribution < -0.4 is 5.32 Å². The van der Waals surface area contributed by atoms with Gasteiger partial charge in [-0.15, -0.1) is 0 Å². The Hall–Kier alpha value is -3.34. The maximum Gasteiger partial charge on any atom is 0.472 e. The monoisotopic (exact) mass is 1000 g/mol. The lowest BCUT2D eigenvalue weighted by atomic mass is 10.1. The number of unbranched alkanes of at least 4 members (excludes halogenated alkanes) is 23. The molecule has 3 unspecified atom stereocenters. The molecule has 0 aliphatic rings. The Labute approximate surface area is 426 Å². The lowest BCUT2D eigenvalue weighted by Crippen LogP contribution is -2.43. The topological polar surface area (TPSA) is 169 Å². The number of rotatable bonds is 51. The van der Waals surface area contributed by atoms with E-state index in [2.05, 4.69) is 104 Å². The third-order valence-electron chi connectivity index (χ3n) is 11.7. The first-order chi connectivity index (χ1) is 34.1. The maximum absolute atomic E-state index is 12.4. The molecule has 0 fully saturated rings. The molecule has 11 nitrogen and oxygen atoms in total. The molecule has 4 N–H and O–H groups in total. The Morgan fingerprint density at radius 2 is 0.786 bits per heavy atom. The van der Waals surface area contributed by atoms with Gasteiger partial charge < -0.3 is 25.2 Å². The number of aliphatic hydroxyl groups is 1. The second-order valence-corrected chi connectivity index (χ2v) is 19.9. The molecule has 0 aromatic rings. The van der Waals surface area contributed by atoms with Gasteiger partial charge in [0.05, 0.1) is 13.2 Å². The third-order valence-corrected chi connectivity index (χ3v) is 12.6. The summed E-state index contributed by atoms with van der Waals surface area (Å²) in [5.41, 5.74) is 0. The standard InChI is InChI=1S/C58H100NO10P/c1-3-5-7-9-11-13-15-17-19-21-23-25-27-29-31-33-35-37-39-41-43-45-47-49-56(61)59-55(58(63)64)53-69-70(65,66)68-52-54(60)51-67-57(62)50-48-46-44-42-40-38-36-34-32-30-28-26-24-22-20-18-16-14-12-10-8-6-4-2/h11-14,17-20,23-26,29,31,54-55,60H,3-10,15-16,21-22,27-28,30,32-53H2,1-2H3,(H,59,61)(H,63,64)(H,65,66)/b13-11-,14-12-,19-17-,20-18-,25-23-,26-24-,31-29-. The fourth-order valence-corrected chi connectivity index (χ4v) is 8.14. The zero-order chi connectivity index (χ0) is 51.3. The highest BCUT2D eigenvalue weighted by atomic mass is 31.2. The smallest absolute Gasteiger partial charge is 0.472 e. The molecule has 70 heavy (non-hydrogen) atoms. The fourth-order valence-electron chi connectivity index (χ4n) is 7.37. The van der Waals surface area contributed by atoms with Crippen molar-refractivity contribution in [3.63, 3.8) is 0 Å². The Morgan fingerprint density at radius 1 is 0.457 bits per heavy atom. The number of hydrogen-bond donors (Lipinski definition) is 4. The number of esters is 1. The SMILES string of the molecule is CCCCC/C=C\C/C=C\C/C=C\C/C=C\CCCCCCCCCC(=O)NC(COP(=O)(O)OCC(O)COC(=O)CCCCCCCCCCCC/C=C\C/C=C\C/C=C\CCCCC)C(=O)O. The molecule has 0 bridgehead atoms. The molecule has 3 atom stereocenters. The van der Waals surface area contributed by atoms with Crippen LogP contribution in [-0.4, -0.2) is 64.9 Å². The van der Waals surface area contributed by atoms with Crippen molar-refractivity contribution in [1.29, 1.82) is 0 Å². The number of carboxylic acid groups (broad SMARTS) is 1. The molecule has 0 aliphatic heterocycles. The van der Waals surface area contributed by atoms with Crippen LogP contribution in [0.2, 0.25) is 0 Å². The van der Waals surface area contributed by atoms with E-state index in [1.165, 1.54) is 89.9 Å². The van der Waals surface area contributed by atoms with Crippen LogP contribution in [0.1, 0.15) is 232 Å². The molecular formula is C58H100NO10P. The number of carbonyl (C=O) groups excluding carboxylic acids is 2. The number of allylic oxidation sites excluding steroid dienone is 14. The minimum absolute atomic E-state index is 0.129. The molecule has 0 rings (SSSR count). The number of nitrogens with one attached hydrogen (secondary N) is 1. The summed E-state index contributed by atoms with van der Waals surface area (Å²) in [6.45, 7) is 2.55. The van der Waals surface area contributed by atoms with Crippen LogP contribution in [0.3, 0.4) is 0 Å². The van der Waals surface area contributed by atoms with Crippen molar-refractivity contribution in [2.24, 2.45) is 0 Å². The van der Waals surface area contributed by atoms with Gasteiger partial charge >= 0.3 is 19.8 Å². The van der Waals surface area contributed by atoms with Gasteiger partial charge in [-0.3, -0.25) is 18.6 Å². The van der Waals surface area contributed by atoms with Gasteiger partial charge in [0.1, 0.15) is 12.7 Å². The van der Waals surface area contributed by atoms with Crippen molar-refractivity contribution >= 4 is 25.7 Å². The molecular weight excluding hydrogens is 902 g/mol. The second kappa shape index (κ2) is 52.0. The average molecular weight is 1000 g/mol. The molecule has 0 spiro atoms. The molecule has 0 aromatic heterocycles. The lowest BCUT2D eigenvalue weighted by Gasteiger charge is -2.18. The predicted molar refractivity (Wildman–Crippen MR) is 291 cm³/mol. The molecule has 0 aromatic carbocycles. The van der Waals surface area contributed by atoms with Crippen LogP contribution in [-0.2, 0) is 32.7 Å². The van der Waals surface area contributed by atoms with E-state index in [9.17, 15) is 34.1 Å². The van der Waals surface area contributed by atoms with Crippen LogP contribution >= 0.6 is 7.82 Å². The highest BCUT2D eigenvalue weighted by molar-refractivity contribution is 7.47. The molecule has 0 saturated carbocycles. The van der Waals surface area contributed by atoms with Gasteiger partial charge in [-0.05, 0) is 96.3 Å². The zero-order valence-electron chi connectivity index (χ0n) is 44.0. The number of aliphatic carboxylic acids is 1. The van der Waals surface area contributed by atoms with E-state index in [1.807, 2.05) is 0 Å². The average Bonchev–Trinajstić information content (AvgIpc) is 3.34. The first kappa shape index (κ1) is 66.7. The zero-order valence-corrected chi connectivity index (χ0v) is 44.9. The third kappa shape index (κ3) is 51.0. The summed E-state index contributed by atoms with van der Waals surface area (Å²) in [6, 6.07) is -1.56. The summed E-state index contributed by atoms with van der Waals surface area (Å²) in [6.07, 6.45) is 65.9. The number of ether oxygens (including phenoxy) is 1. The van der Waals surface area contributed by atoms with Gasteiger partial charge in [0.25, 0.3) is 0 Å². The van der Waals surface area contributed by atoms with E-state index in [4.69, 9.17) is 13.8 Å². The molecule has 0 aliphatic carbocycles. The van der Waals surface area contributed by atoms with Crippen molar-refractivity contribution in [3.05, 3.63) is 85.1 Å². The Bertz CT molecular complexity index is 1500. The summed E-state index contributed by atoms with van der Waals surface area (Å²) in [7, 11) is -4.78. The van der Waals surface area contributed by atoms with Gasteiger partial charge in [0.2, 0.25) is 5.91 Å². The normalized spacial score (nSPS) is 14.1. The van der Waals surface area contributed by atoms with E-state index >= 15 is 0 Å². The van der Waals surface area contributed by atoms with E-state index in [0.29, 0.717) is 12.8 Å². The van der Waals surface area contributed by atoms with Crippen LogP contribution in [0.5, 0.6) is 0 Å². The molecule has 0 saturated heterocycles. The predicted octanol–water partition coefficient (Wildman–Crippen LogP) is 15.8. The van der Waals surface area contributed by atoms with Crippen LogP contribution in [0.25, 0.3) is 0 Å². The summed E-state index contributed by atoms with van der Waals surface area (Å²) < 4.78 is 27.0. The lowest BCUT2D eigenvalue weighted by molar-refractivity contribution is -0.147. The van der Waals surface area contributed by atoms with E-state index in [1.54, 1.807) is 0 Å². The number of hydrogen-bond acceptors (Lipinski definition) is 8. The minimum Gasteiger partial charge on any atom is -0.480 e. The Kier molecular flexibility index (Phi) is 49.5. The molecule has 0 heterocycles. The largest absolute Gasteiger partial charge is 0.480 e. The first-order valence-corrected chi connectivity index (χ1v) is 29.1. The van der Waals surface area contributed by atoms with Gasteiger partial charge in [0, 0.05) is 12.8 Å². The molecule has 1 amide bonds. The number of carboxylic acids is 1. The van der Waals surface area contributed by atoms with Gasteiger partial charge in [0.15, 0.2) is 6.04 Å². The highest BCUT2D eigenvalue weighted by Gasteiger charge is 2.28.